The summed E-state index contributed by atoms with van der Waals surface area (Å²) in [7, 11) is 1.99. The van der Waals surface area contributed by atoms with Crippen LogP contribution in [-0.2, 0) is 4.74 Å². The Morgan fingerprint density at radius 2 is 1.87 bits per heavy atom. The molecule has 2 fully saturated rings. The minimum absolute atomic E-state index is 0.190. The second-order valence-electron chi connectivity index (χ2n) is 9.34. The topological polar surface area (TPSA) is 48.0 Å². The van der Waals surface area contributed by atoms with Gasteiger partial charge >= 0.3 is 6.09 Å². The van der Waals surface area contributed by atoms with Crippen LogP contribution in [0, 0.1) is 0 Å². The van der Waals surface area contributed by atoms with E-state index < -0.39 is 5.60 Å². The molecule has 1 aromatic rings. The largest absolute Gasteiger partial charge is 0.444 e. The molecule has 0 bridgehead atoms. The molecule has 0 saturated carbocycles. The van der Waals surface area contributed by atoms with Crippen molar-refractivity contribution in [3.8, 4) is 0 Å². The number of hydrogen-bond acceptors (Lipinski definition) is 5. The average molecular weight is 415 g/mol. The Kier molecular flexibility index (Phi) is 6.96. The summed E-state index contributed by atoms with van der Waals surface area (Å²) in [4.78, 5) is 19.0. The van der Waals surface area contributed by atoms with E-state index in [0.717, 1.165) is 45.7 Å². The van der Waals surface area contributed by atoms with Crippen molar-refractivity contribution in [3.05, 3.63) is 29.8 Å². The Balaban J connectivity index is 1.52. The van der Waals surface area contributed by atoms with Gasteiger partial charge in [0, 0.05) is 69.3 Å². The predicted octanol–water partition coefficient (Wildman–Crippen LogP) is 4.28. The monoisotopic (exact) mass is 414 g/mol. The van der Waals surface area contributed by atoms with Crippen LogP contribution in [0.4, 0.5) is 16.2 Å². The molecular weight excluding hydrogens is 376 g/mol. The highest BCUT2D eigenvalue weighted by molar-refractivity contribution is 5.78. The fraction of sp³-hybridized carbons (Fsp3) is 0.625. The molecule has 1 amide bonds. The minimum atomic E-state index is -0.435. The van der Waals surface area contributed by atoms with Crippen LogP contribution >= 0.6 is 0 Å². The molecule has 2 aliphatic rings. The molecule has 0 spiro atoms. The SMILES string of the molecule is CC/C=C(\C)c1ccc(N2CC(N3CCN(C(=O)OC(C)(C)C)CC3)C2)cc1NC. The van der Waals surface area contributed by atoms with Gasteiger partial charge in [0.25, 0.3) is 0 Å². The van der Waals surface area contributed by atoms with Crippen LogP contribution in [0.5, 0.6) is 0 Å². The summed E-state index contributed by atoms with van der Waals surface area (Å²) in [6.45, 7) is 15.5. The molecular formula is C24H38N4O2. The zero-order chi connectivity index (χ0) is 21.9. The molecule has 6 heteroatoms. The molecule has 0 atom stereocenters. The van der Waals surface area contributed by atoms with Gasteiger partial charge in [-0.25, -0.2) is 4.79 Å². The molecule has 3 rings (SSSR count). The summed E-state index contributed by atoms with van der Waals surface area (Å²) in [6, 6.07) is 7.29. The maximum absolute atomic E-state index is 12.3. The molecule has 1 N–H and O–H groups in total. The summed E-state index contributed by atoms with van der Waals surface area (Å²) >= 11 is 0. The highest BCUT2D eigenvalue weighted by atomic mass is 16.6. The normalized spacial score (nSPS) is 18.9. The second kappa shape index (κ2) is 9.29. The van der Waals surface area contributed by atoms with E-state index in [1.54, 1.807) is 0 Å². The van der Waals surface area contributed by atoms with Gasteiger partial charge in [0.15, 0.2) is 0 Å². The van der Waals surface area contributed by atoms with Crippen molar-refractivity contribution >= 4 is 23.0 Å². The lowest BCUT2D eigenvalue weighted by atomic mass is 10.0. The quantitative estimate of drug-likeness (QED) is 0.779. The maximum atomic E-state index is 12.3. The standard InChI is InChI=1S/C24H38N4O2/c1-7-8-18(2)21-10-9-19(15-22(21)25-6)28-16-20(17-28)26-11-13-27(14-12-26)23(29)30-24(3,4)5/h8-10,15,20,25H,7,11-14,16-17H2,1-6H3/b18-8+. The van der Waals surface area contributed by atoms with E-state index in [2.05, 4.69) is 53.2 Å². The van der Waals surface area contributed by atoms with Crippen molar-refractivity contribution in [3.63, 3.8) is 0 Å². The fourth-order valence-corrected chi connectivity index (χ4v) is 4.19. The van der Waals surface area contributed by atoms with Crippen molar-refractivity contribution in [2.75, 3.05) is 56.5 Å². The summed E-state index contributed by atoms with van der Waals surface area (Å²) < 4.78 is 5.50. The Hall–Kier alpha value is -2.21. The Bertz CT molecular complexity index is 770. The zero-order valence-corrected chi connectivity index (χ0v) is 19.5. The van der Waals surface area contributed by atoms with Gasteiger partial charge in [0.2, 0.25) is 0 Å². The lowest BCUT2D eigenvalue weighted by Gasteiger charge is -2.49. The number of carbonyl (C=O) groups is 1. The molecule has 166 valence electrons. The molecule has 2 heterocycles. The van der Waals surface area contributed by atoms with Gasteiger partial charge in [0.05, 0.1) is 0 Å². The van der Waals surface area contributed by atoms with Crippen LogP contribution in [0.25, 0.3) is 5.57 Å². The van der Waals surface area contributed by atoms with E-state index in [1.165, 1.54) is 22.5 Å². The van der Waals surface area contributed by atoms with Gasteiger partial charge in [-0.2, -0.15) is 0 Å². The number of benzene rings is 1. The number of carbonyl (C=O) groups excluding carboxylic acids is 1. The van der Waals surface area contributed by atoms with Crippen LogP contribution in [0.2, 0.25) is 0 Å². The molecule has 0 aromatic heterocycles. The molecule has 2 aliphatic heterocycles. The number of nitrogens with zero attached hydrogens (tertiary/aromatic N) is 3. The number of piperazine rings is 1. The van der Waals surface area contributed by atoms with Crippen LogP contribution in [0.3, 0.4) is 0 Å². The van der Waals surface area contributed by atoms with Gasteiger partial charge in [-0.15, -0.1) is 0 Å². The number of hydrogen-bond donors (Lipinski definition) is 1. The first-order chi connectivity index (χ1) is 14.2. The van der Waals surface area contributed by atoms with Crippen LogP contribution < -0.4 is 10.2 Å². The highest BCUT2D eigenvalue weighted by Gasteiger charge is 2.35. The van der Waals surface area contributed by atoms with Gasteiger partial charge in [-0.05, 0) is 51.8 Å². The number of amides is 1. The van der Waals surface area contributed by atoms with Crippen molar-refractivity contribution in [2.45, 2.75) is 52.7 Å². The first-order valence-electron chi connectivity index (χ1n) is 11.2. The van der Waals surface area contributed by atoms with E-state index in [4.69, 9.17) is 4.74 Å². The second-order valence-corrected chi connectivity index (χ2v) is 9.34. The third-order valence-corrected chi connectivity index (χ3v) is 5.92. The smallest absolute Gasteiger partial charge is 0.410 e. The molecule has 0 aliphatic carbocycles. The summed E-state index contributed by atoms with van der Waals surface area (Å²) in [5, 5.41) is 3.36. The Morgan fingerprint density at radius 3 is 2.43 bits per heavy atom. The first kappa shape index (κ1) is 22.5. The highest BCUT2D eigenvalue weighted by Crippen LogP contribution is 2.32. The van der Waals surface area contributed by atoms with E-state index in [9.17, 15) is 4.79 Å². The Morgan fingerprint density at radius 1 is 1.20 bits per heavy atom. The molecule has 1 aromatic carbocycles. The van der Waals surface area contributed by atoms with Crippen LogP contribution in [0.15, 0.2) is 24.3 Å². The van der Waals surface area contributed by atoms with Crippen molar-refractivity contribution in [1.29, 1.82) is 0 Å². The van der Waals surface area contributed by atoms with Crippen LogP contribution in [0.1, 0.15) is 46.6 Å². The van der Waals surface area contributed by atoms with Crippen molar-refractivity contribution < 1.29 is 9.53 Å². The van der Waals surface area contributed by atoms with Crippen LogP contribution in [-0.4, -0.2) is 73.9 Å². The molecule has 6 nitrogen and oxygen atoms in total. The van der Waals surface area contributed by atoms with Gasteiger partial charge < -0.3 is 19.9 Å². The summed E-state index contributed by atoms with van der Waals surface area (Å²) in [6.07, 6.45) is 3.13. The molecule has 30 heavy (non-hydrogen) atoms. The summed E-state index contributed by atoms with van der Waals surface area (Å²) in [5.41, 5.74) is 4.62. The third kappa shape index (κ3) is 5.28. The lowest BCUT2D eigenvalue weighted by molar-refractivity contribution is 0.00876. The van der Waals surface area contributed by atoms with E-state index in [0.29, 0.717) is 6.04 Å². The van der Waals surface area contributed by atoms with E-state index in [-0.39, 0.29) is 6.09 Å². The molecule has 2 saturated heterocycles. The minimum Gasteiger partial charge on any atom is -0.444 e. The summed E-state index contributed by atoms with van der Waals surface area (Å²) in [5.74, 6) is 0. The van der Waals surface area contributed by atoms with Crippen molar-refractivity contribution in [1.82, 2.24) is 9.80 Å². The number of ether oxygens (including phenoxy) is 1. The van der Waals surface area contributed by atoms with E-state index in [1.807, 2.05) is 32.7 Å². The van der Waals surface area contributed by atoms with Crippen molar-refractivity contribution in [2.24, 2.45) is 0 Å². The van der Waals surface area contributed by atoms with Gasteiger partial charge in [0.1, 0.15) is 5.60 Å². The number of anilines is 2. The average Bonchev–Trinajstić information content (AvgIpc) is 2.66. The predicted molar refractivity (Wildman–Crippen MR) is 125 cm³/mol. The number of nitrogens with one attached hydrogen (secondary N) is 1. The maximum Gasteiger partial charge on any atom is 0.410 e. The van der Waals surface area contributed by atoms with Gasteiger partial charge in [-0.3, -0.25) is 4.90 Å². The molecule has 0 radical (unpaired) electrons. The third-order valence-electron chi connectivity index (χ3n) is 5.92. The fourth-order valence-electron chi connectivity index (χ4n) is 4.19. The zero-order valence-electron chi connectivity index (χ0n) is 19.5. The Labute approximate surface area is 181 Å². The number of rotatable bonds is 5. The van der Waals surface area contributed by atoms with Gasteiger partial charge in [-0.1, -0.05) is 19.1 Å². The van der Waals surface area contributed by atoms with E-state index >= 15 is 0 Å². The number of allylic oxidation sites excluding steroid dienone is 2. The molecule has 0 unspecified atom stereocenters. The first-order valence-corrected chi connectivity index (χ1v) is 11.2. The lowest BCUT2D eigenvalue weighted by Crippen LogP contribution is -2.63.